The molecule has 0 saturated heterocycles. The smallest absolute Gasteiger partial charge is 0.156 e. The predicted octanol–water partition coefficient (Wildman–Crippen LogP) is 2.32. The Morgan fingerprint density at radius 2 is 2.25 bits per heavy atom. The van der Waals surface area contributed by atoms with Gasteiger partial charge in [0.25, 0.3) is 0 Å². The Morgan fingerprint density at radius 3 is 3.17 bits per heavy atom. The van der Waals surface area contributed by atoms with Crippen molar-refractivity contribution in [2.45, 2.75) is 32.1 Å². The number of carbonyl (C=O) groups excluding carboxylic acids is 1. The number of hydrogen-bond donors (Lipinski definition) is 0. The Bertz CT molecular complexity index is 264. The molecule has 3 aliphatic carbocycles. The average molecular weight is 162 g/mol. The zero-order valence-corrected chi connectivity index (χ0v) is 7.25. The van der Waals surface area contributed by atoms with Crippen LogP contribution in [0, 0.1) is 17.8 Å². The van der Waals surface area contributed by atoms with Crippen molar-refractivity contribution < 1.29 is 4.79 Å². The summed E-state index contributed by atoms with van der Waals surface area (Å²) in [5.41, 5.74) is 1.53. The monoisotopic (exact) mass is 162 g/mol. The van der Waals surface area contributed by atoms with Crippen LogP contribution >= 0.6 is 0 Å². The zero-order chi connectivity index (χ0) is 8.13. The molecule has 0 unspecified atom stereocenters. The molecular formula is C11H14O. The van der Waals surface area contributed by atoms with E-state index in [1.54, 1.807) is 0 Å². The Morgan fingerprint density at radius 1 is 1.33 bits per heavy atom. The summed E-state index contributed by atoms with van der Waals surface area (Å²) in [7, 11) is 0. The van der Waals surface area contributed by atoms with Gasteiger partial charge in [0.2, 0.25) is 0 Å². The lowest BCUT2D eigenvalue weighted by molar-refractivity contribution is -0.114. The molecule has 12 heavy (non-hydrogen) atoms. The van der Waals surface area contributed by atoms with Gasteiger partial charge in [-0.3, -0.25) is 4.79 Å². The van der Waals surface area contributed by atoms with E-state index in [9.17, 15) is 4.79 Å². The molecule has 0 aliphatic heterocycles. The van der Waals surface area contributed by atoms with E-state index in [1.807, 2.05) is 6.08 Å². The van der Waals surface area contributed by atoms with Crippen LogP contribution in [-0.2, 0) is 4.79 Å². The van der Waals surface area contributed by atoms with Gasteiger partial charge in [-0.25, -0.2) is 0 Å². The second kappa shape index (κ2) is 2.21. The van der Waals surface area contributed by atoms with Crippen LogP contribution in [-0.4, -0.2) is 5.78 Å². The highest BCUT2D eigenvalue weighted by Gasteiger charge is 2.44. The number of fused-ring (bicyclic) bond motifs is 5. The summed E-state index contributed by atoms with van der Waals surface area (Å²) >= 11 is 0. The van der Waals surface area contributed by atoms with Crippen molar-refractivity contribution in [2.75, 3.05) is 0 Å². The van der Waals surface area contributed by atoms with E-state index in [0.29, 0.717) is 11.7 Å². The van der Waals surface area contributed by atoms with Gasteiger partial charge in [-0.15, -0.1) is 0 Å². The summed E-state index contributed by atoms with van der Waals surface area (Å²) in [6.45, 7) is 0. The number of carbonyl (C=O) groups is 1. The largest absolute Gasteiger partial charge is 0.295 e. The maximum absolute atomic E-state index is 11.2. The number of ketones is 1. The van der Waals surface area contributed by atoms with Gasteiger partial charge in [0.05, 0.1) is 0 Å². The molecule has 0 spiro atoms. The second-order valence-electron chi connectivity index (χ2n) is 4.54. The SMILES string of the molecule is O=C1C=C2[C@H]3CCC[C@@H](C3)[C@@H]2C1. The topological polar surface area (TPSA) is 17.1 Å². The molecule has 2 fully saturated rings. The van der Waals surface area contributed by atoms with E-state index in [-0.39, 0.29) is 0 Å². The molecule has 0 radical (unpaired) electrons. The van der Waals surface area contributed by atoms with E-state index in [2.05, 4.69) is 0 Å². The lowest BCUT2D eigenvalue weighted by Gasteiger charge is -2.19. The number of rotatable bonds is 0. The molecule has 2 bridgehead atoms. The molecule has 0 aromatic rings. The van der Waals surface area contributed by atoms with Crippen LogP contribution in [0.3, 0.4) is 0 Å². The molecule has 1 nitrogen and oxygen atoms in total. The minimum Gasteiger partial charge on any atom is -0.295 e. The molecule has 0 amide bonds. The van der Waals surface area contributed by atoms with Gasteiger partial charge in [0.15, 0.2) is 5.78 Å². The summed E-state index contributed by atoms with van der Waals surface area (Å²) in [4.78, 5) is 11.2. The van der Waals surface area contributed by atoms with Gasteiger partial charge in [-0.2, -0.15) is 0 Å². The number of hydrogen-bond acceptors (Lipinski definition) is 1. The first-order chi connectivity index (χ1) is 5.84. The van der Waals surface area contributed by atoms with Crippen molar-refractivity contribution in [1.29, 1.82) is 0 Å². The van der Waals surface area contributed by atoms with Crippen LogP contribution < -0.4 is 0 Å². The molecule has 0 aromatic carbocycles. The van der Waals surface area contributed by atoms with E-state index < -0.39 is 0 Å². The molecule has 0 heterocycles. The molecule has 0 N–H and O–H groups in total. The Balaban J connectivity index is 2.00. The maximum Gasteiger partial charge on any atom is 0.156 e. The summed E-state index contributed by atoms with van der Waals surface area (Å²) in [5, 5.41) is 0. The summed E-state index contributed by atoms with van der Waals surface area (Å²) in [6.07, 6.45) is 8.33. The third-order valence-electron chi connectivity index (χ3n) is 3.93. The first kappa shape index (κ1) is 6.88. The van der Waals surface area contributed by atoms with Gasteiger partial charge < -0.3 is 0 Å². The van der Waals surface area contributed by atoms with Gasteiger partial charge in [0, 0.05) is 6.42 Å². The summed E-state index contributed by atoms with van der Waals surface area (Å²) in [6, 6.07) is 0. The highest BCUT2D eigenvalue weighted by atomic mass is 16.1. The average Bonchev–Trinajstić information content (AvgIpc) is 2.55. The third-order valence-corrected chi connectivity index (χ3v) is 3.93. The van der Waals surface area contributed by atoms with Gasteiger partial charge in [-0.05, 0) is 43.1 Å². The van der Waals surface area contributed by atoms with Crippen molar-refractivity contribution in [2.24, 2.45) is 17.8 Å². The molecule has 2 saturated carbocycles. The fourth-order valence-corrected chi connectivity index (χ4v) is 3.44. The summed E-state index contributed by atoms with van der Waals surface area (Å²) in [5.74, 6) is 2.76. The first-order valence-electron chi connectivity index (χ1n) is 5.09. The zero-order valence-electron chi connectivity index (χ0n) is 7.25. The van der Waals surface area contributed by atoms with Gasteiger partial charge >= 0.3 is 0 Å². The molecule has 3 atom stereocenters. The molecular weight excluding hydrogens is 148 g/mol. The highest BCUT2D eigenvalue weighted by molar-refractivity contribution is 5.94. The minimum atomic E-state index is 0.395. The molecule has 3 rings (SSSR count). The van der Waals surface area contributed by atoms with Crippen LogP contribution in [0.25, 0.3) is 0 Å². The van der Waals surface area contributed by atoms with Crippen molar-refractivity contribution >= 4 is 5.78 Å². The van der Waals surface area contributed by atoms with Crippen LogP contribution in [0.15, 0.2) is 11.6 Å². The van der Waals surface area contributed by atoms with Crippen LogP contribution in [0.4, 0.5) is 0 Å². The Kier molecular flexibility index (Phi) is 1.27. The van der Waals surface area contributed by atoms with Crippen molar-refractivity contribution in [3.63, 3.8) is 0 Å². The normalized spacial score (nSPS) is 44.5. The van der Waals surface area contributed by atoms with Gasteiger partial charge in [0.1, 0.15) is 0 Å². The fraction of sp³-hybridized carbons (Fsp3) is 0.727. The molecule has 0 aromatic heterocycles. The van der Waals surface area contributed by atoms with Crippen LogP contribution in [0.5, 0.6) is 0 Å². The summed E-state index contributed by atoms with van der Waals surface area (Å²) < 4.78 is 0. The van der Waals surface area contributed by atoms with Crippen molar-refractivity contribution in [3.8, 4) is 0 Å². The molecule has 64 valence electrons. The maximum atomic E-state index is 11.2. The Labute approximate surface area is 72.8 Å². The second-order valence-corrected chi connectivity index (χ2v) is 4.54. The molecule has 1 heteroatoms. The molecule has 3 aliphatic rings. The third kappa shape index (κ3) is 0.769. The van der Waals surface area contributed by atoms with E-state index in [4.69, 9.17) is 0 Å². The number of allylic oxidation sites excluding steroid dienone is 2. The quantitative estimate of drug-likeness (QED) is 0.534. The lowest BCUT2D eigenvalue weighted by atomic mass is 9.86. The first-order valence-corrected chi connectivity index (χ1v) is 5.09. The van der Waals surface area contributed by atoms with Crippen LogP contribution in [0.1, 0.15) is 32.1 Å². The van der Waals surface area contributed by atoms with Crippen molar-refractivity contribution in [3.05, 3.63) is 11.6 Å². The van der Waals surface area contributed by atoms with Crippen molar-refractivity contribution in [1.82, 2.24) is 0 Å². The Hall–Kier alpha value is -0.590. The van der Waals surface area contributed by atoms with E-state index in [0.717, 1.165) is 18.3 Å². The fourth-order valence-electron chi connectivity index (χ4n) is 3.44. The standard InChI is InChI=1S/C11H14O/c12-9-5-10-7-2-1-3-8(4-7)11(10)6-9/h5,7-8,11H,1-4,6H2/t7-,8-,11-/m0/s1. The lowest BCUT2D eigenvalue weighted by Crippen LogP contribution is -2.10. The van der Waals surface area contributed by atoms with E-state index in [1.165, 1.54) is 31.3 Å². The van der Waals surface area contributed by atoms with Crippen LogP contribution in [0.2, 0.25) is 0 Å². The predicted molar refractivity (Wildman–Crippen MR) is 46.6 cm³/mol. The van der Waals surface area contributed by atoms with Gasteiger partial charge in [-0.1, -0.05) is 12.0 Å². The minimum absolute atomic E-state index is 0.395. The van der Waals surface area contributed by atoms with E-state index >= 15 is 0 Å². The highest BCUT2D eigenvalue weighted by Crippen LogP contribution is 2.53.